The van der Waals surface area contributed by atoms with Crippen molar-refractivity contribution in [3.8, 4) is 11.5 Å². The molecule has 0 saturated carbocycles. The molecule has 3 rings (SSSR count). The number of aromatic nitrogens is 2. The molecule has 2 aromatic carbocycles. The number of carbonyl (C=O) groups is 2. The largest absolute Gasteiger partial charge is 0.467 e. The lowest BCUT2D eigenvalue weighted by Crippen LogP contribution is -2.55. The van der Waals surface area contributed by atoms with E-state index in [1.807, 2.05) is 0 Å². The smallest absolute Gasteiger partial charge is 0.334 e. The number of fused-ring (bicyclic) bond motifs is 1. The minimum Gasteiger partial charge on any atom is -0.467 e. The summed E-state index contributed by atoms with van der Waals surface area (Å²) in [6.45, 7) is 6.40. The number of carbonyl (C=O) groups excluding carboxylic acids is 2. The fourth-order valence-corrected chi connectivity index (χ4v) is 3.31. The first kappa shape index (κ1) is 22.4. The van der Waals surface area contributed by atoms with Crippen LogP contribution in [-0.4, -0.2) is 34.2 Å². The molecule has 0 aliphatic rings. The third-order valence-electron chi connectivity index (χ3n) is 5.08. The molecule has 0 radical (unpaired) electrons. The molecule has 0 saturated heterocycles. The van der Waals surface area contributed by atoms with Gasteiger partial charge in [0.2, 0.25) is 0 Å². The molecule has 1 heterocycles. The average Bonchev–Trinajstić information content (AvgIpc) is 3.13. The molecule has 31 heavy (non-hydrogen) atoms. The lowest BCUT2D eigenvalue weighted by molar-refractivity contribution is -0.145. The van der Waals surface area contributed by atoms with Crippen LogP contribution in [0.15, 0.2) is 42.6 Å². The van der Waals surface area contributed by atoms with Gasteiger partial charge in [-0.05, 0) is 48.7 Å². The fourth-order valence-electron chi connectivity index (χ4n) is 3.31. The summed E-state index contributed by atoms with van der Waals surface area (Å²) >= 11 is 0. The van der Waals surface area contributed by atoms with E-state index >= 15 is 0 Å². The molecule has 1 atom stereocenters. The predicted octanol–water partition coefficient (Wildman–Crippen LogP) is 4.09. The molecule has 7 nitrogen and oxygen atoms in total. The molecule has 164 valence electrons. The van der Waals surface area contributed by atoms with E-state index in [1.165, 1.54) is 31.4 Å². The molecule has 0 amide bonds. The number of hydrogen-bond donors (Lipinski definition) is 1. The van der Waals surface area contributed by atoms with Crippen molar-refractivity contribution in [3.63, 3.8) is 0 Å². The molecule has 3 aromatic rings. The normalized spacial score (nSPS) is 13.3. The van der Waals surface area contributed by atoms with Gasteiger partial charge in [-0.2, -0.15) is 5.10 Å². The van der Waals surface area contributed by atoms with E-state index in [2.05, 4.69) is 18.9 Å². The minimum atomic E-state index is -1.87. The molecule has 2 N–H and O–H groups in total. The Morgan fingerprint density at radius 1 is 1.23 bits per heavy atom. The second-order valence-corrected chi connectivity index (χ2v) is 7.83. The molecule has 0 aliphatic carbocycles. The van der Waals surface area contributed by atoms with E-state index < -0.39 is 23.1 Å². The van der Waals surface area contributed by atoms with E-state index in [0.717, 1.165) is 5.39 Å². The molecule has 0 fully saturated rings. The van der Waals surface area contributed by atoms with Crippen LogP contribution in [-0.2, 0) is 16.1 Å². The van der Waals surface area contributed by atoms with Crippen molar-refractivity contribution in [3.05, 3.63) is 54.0 Å². The lowest BCUT2D eigenvalue weighted by Gasteiger charge is -2.24. The lowest BCUT2D eigenvalue weighted by atomic mass is 9.87. The number of Topliss-reactive ketones (excluding diaryl/α,β-unsaturated/α-hetero) is 1. The van der Waals surface area contributed by atoms with Gasteiger partial charge in [0, 0.05) is 11.9 Å². The van der Waals surface area contributed by atoms with Crippen LogP contribution in [0.1, 0.15) is 37.6 Å². The summed E-state index contributed by atoms with van der Waals surface area (Å²) in [6.07, 6.45) is 1.72. The Morgan fingerprint density at radius 3 is 2.48 bits per heavy atom. The first-order valence-corrected chi connectivity index (χ1v) is 10.0. The summed E-state index contributed by atoms with van der Waals surface area (Å²) in [5.41, 5.74) is 5.16. The van der Waals surface area contributed by atoms with Gasteiger partial charge >= 0.3 is 5.97 Å². The van der Waals surface area contributed by atoms with E-state index in [4.69, 9.17) is 15.2 Å². The van der Waals surface area contributed by atoms with Crippen LogP contribution in [0, 0.1) is 11.7 Å². The topological polar surface area (TPSA) is 96.4 Å². The molecule has 8 heteroatoms. The highest BCUT2D eigenvalue weighted by Gasteiger charge is 2.43. The SMILES string of the molecule is CCC(N)(C(=O)OC)C(=O)c1cc2c(cnn2CC(C)C)cc1Oc1ccc(F)cc1. The van der Waals surface area contributed by atoms with Gasteiger partial charge in [-0.25, -0.2) is 9.18 Å². The van der Waals surface area contributed by atoms with Crippen molar-refractivity contribution in [2.24, 2.45) is 11.7 Å². The van der Waals surface area contributed by atoms with Gasteiger partial charge in [-0.1, -0.05) is 20.8 Å². The van der Waals surface area contributed by atoms with Gasteiger partial charge in [0.1, 0.15) is 17.3 Å². The predicted molar refractivity (Wildman–Crippen MR) is 115 cm³/mol. The van der Waals surface area contributed by atoms with Gasteiger partial charge < -0.3 is 15.2 Å². The van der Waals surface area contributed by atoms with Crippen molar-refractivity contribution in [1.29, 1.82) is 0 Å². The molecule has 1 unspecified atom stereocenters. The van der Waals surface area contributed by atoms with Crippen molar-refractivity contribution < 1.29 is 23.5 Å². The number of hydrogen-bond acceptors (Lipinski definition) is 6. The fraction of sp³-hybridized carbons (Fsp3) is 0.348. The monoisotopic (exact) mass is 427 g/mol. The van der Waals surface area contributed by atoms with Crippen LogP contribution in [0.2, 0.25) is 0 Å². The Balaban J connectivity index is 2.17. The third-order valence-corrected chi connectivity index (χ3v) is 5.08. The minimum absolute atomic E-state index is 0.0395. The maximum Gasteiger partial charge on any atom is 0.334 e. The van der Waals surface area contributed by atoms with Gasteiger partial charge in [-0.15, -0.1) is 0 Å². The number of ketones is 1. The molecule has 0 aliphatic heterocycles. The van der Waals surface area contributed by atoms with Gasteiger partial charge in [0.25, 0.3) is 0 Å². The van der Waals surface area contributed by atoms with Crippen LogP contribution >= 0.6 is 0 Å². The molecule has 0 spiro atoms. The van der Waals surface area contributed by atoms with Gasteiger partial charge in [0.15, 0.2) is 11.3 Å². The first-order chi connectivity index (χ1) is 14.7. The number of methoxy groups -OCH3 is 1. The van der Waals surface area contributed by atoms with E-state index in [9.17, 15) is 14.0 Å². The zero-order chi connectivity index (χ0) is 22.8. The highest BCUT2D eigenvalue weighted by molar-refractivity contribution is 6.18. The number of benzene rings is 2. The Labute approximate surface area is 179 Å². The van der Waals surface area contributed by atoms with E-state index in [0.29, 0.717) is 23.7 Å². The Morgan fingerprint density at radius 2 is 1.90 bits per heavy atom. The second kappa shape index (κ2) is 8.85. The van der Waals surface area contributed by atoms with Crippen molar-refractivity contribution in [2.45, 2.75) is 39.3 Å². The van der Waals surface area contributed by atoms with Crippen molar-refractivity contribution >= 4 is 22.7 Å². The molecule has 0 bridgehead atoms. The van der Waals surface area contributed by atoms with E-state index in [-0.39, 0.29) is 17.7 Å². The maximum absolute atomic E-state index is 13.5. The molecular weight excluding hydrogens is 401 g/mol. The number of nitrogens with two attached hydrogens (primary N) is 1. The van der Waals surface area contributed by atoms with Gasteiger partial charge in [0.05, 0.1) is 24.4 Å². The summed E-state index contributed by atoms with van der Waals surface area (Å²) < 4.78 is 25.8. The molecule has 1 aromatic heterocycles. The average molecular weight is 427 g/mol. The molecular formula is C23H26FN3O4. The van der Waals surface area contributed by atoms with Gasteiger partial charge in [-0.3, -0.25) is 9.48 Å². The Kier molecular flexibility index (Phi) is 6.40. The highest BCUT2D eigenvalue weighted by atomic mass is 19.1. The number of nitrogens with zero attached hydrogens (tertiary/aromatic N) is 2. The third kappa shape index (κ3) is 4.44. The Hall–Kier alpha value is -3.26. The van der Waals surface area contributed by atoms with Crippen molar-refractivity contribution in [2.75, 3.05) is 7.11 Å². The van der Waals surface area contributed by atoms with Crippen molar-refractivity contribution in [1.82, 2.24) is 9.78 Å². The number of halogens is 1. The number of ether oxygens (including phenoxy) is 2. The summed E-state index contributed by atoms with van der Waals surface area (Å²) in [5.74, 6) is -1.01. The summed E-state index contributed by atoms with van der Waals surface area (Å²) in [6, 6.07) is 8.71. The van der Waals surface area contributed by atoms with Crippen LogP contribution < -0.4 is 10.5 Å². The summed E-state index contributed by atoms with van der Waals surface area (Å²) in [4.78, 5) is 25.8. The second-order valence-electron chi connectivity index (χ2n) is 7.83. The Bertz CT molecular complexity index is 1110. The van der Waals surface area contributed by atoms with Crippen LogP contribution in [0.3, 0.4) is 0 Å². The van der Waals surface area contributed by atoms with Crippen LogP contribution in [0.25, 0.3) is 10.9 Å². The van der Waals surface area contributed by atoms with E-state index in [1.54, 1.807) is 29.9 Å². The number of rotatable bonds is 8. The number of esters is 1. The summed E-state index contributed by atoms with van der Waals surface area (Å²) in [5, 5.41) is 5.16. The highest BCUT2D eigenvalue weighted by Crippen LogP contribution is 2.33. The van der Waals surface area contributed by atoms with Crippen LogP contribution in [0.5, 0.6) is 11.5 Å². The van der Waals surface area contributed by atoms with Crippen LogP contribution in [0.4, 0.5) is 4.39 Å². The zero-order valence-corrected chi connectivity index (χ0v) is 18.0. The summed E-state index contributed by atoms with van der Waals surface area (Å²) in [7, 11) is 1.18. The quantitative estimate of drug-likeness (QED) is 0.330. The zero-order valence-electron chi connectivity index (χ0n) is 18.0. The standard InChI is InChI=1S/C23H26FN3O4/c1-5-23(25,22(29)30-4)21(28)18-11-19-15(12-26-27(19)13-14(2)3)10-20(18)31-17-8-6-16(24)7-9-17/h6-12,14H,5,13,25H2,1-4H3. The first-order valence-electron chi connectivity index (χ1n) is 10.0. The maximum atomic E-state index is 13.5.